The van der Waals surface area contributed by atoms with Crippen molar-refractivity contribution >= 4 is 40.4 Å². The van der Waals surface area contributed by atoms with Gasteiger partial charge in [-0.15, -0.1) is 0 Å². The molecule has 5 nitrogen and oxygen atoms in total. The molecule has 2 aromatic carbocycles. The maximum Gasteiger partial charge on any atom is 0.283 e. The Labute approximate surface area is 155 Å². The fourth-order valence-electron chi connectivity index (χ4n) is 2.78. The minimum atomic E-state index is -0.396. The van der Waals surface area contributed by atoms with Crippen molar-refractivity contribution in [3.63, 3.8) is 0 Å². The van der Waals surface area contributed by atoms with Gasteiger partial charge in [0.2, 0.25) is 0 Å². The van der Waals surface area contributed by atoms with E-state index in [-0.39, 0.29) is 11.4 Å². The third kappa shape index (κ3) is 2.84. The van der Waals surface area contributed by atoms with Gasteiger partial charge in [0, 0.05) is 5.41 Å². The average molecular weight is 361 g/mol. The van der Waals surface area contributed by atoms with Crippen LogP contribution in [0.3, 0.4) is 0 Å². The molecule has 0 spiro atoms. The minimum absolute atomic E-state index is 0.135. The van der Waals surface area contributed by atoms with Crippen molar-refractivity contribution in [3.8, 4) is 5.75 Å². The topological polar surface area (TPSA) is 65.8 Å². The number of hydrogen-bond acceptors (Lipinski definition) is 4. The summed E-state index contributed by atoms with van der Waals surface area (Å²) < 4.78 is 5.15. The molecule has 0 fully saturated rings. The molecule has 128 valence electrons. The number of methoxy groups -OCH3 is 1. The lowest BCUT2D eigenvalue weighted by molar-refractivity contribution is -0.114. The van der Waals surface area contributed by atoms with Gasteiger partial charge < -0.3 is 4.74 Å². The summed E-state index contributed by atoms with van der Waals surface area (Å²) in [6, 6.07) is 17.1. The molecule has 0 atom stereocenters. The number of amidine groups is 2. The number of carbonyl (C=O) groups excluding carboxylic acids is 1. The third-order valence-electron chi connectivity index (χ3n) is 4.11. The average Bonchev–Trinajstić information content (AvgIpc) is 3.10. The molecule has 0 aliphatic carbocycles. The van der Waals surface area contributed by atoms with Crippen LogP contribution < -0.4 is 4.74 Å². The highest BCUT2D eigenvalue weighted by Gasteiger charge is 2.36. The molecule has 0 aromatic heterocycles. The number of nitrogens with zero attached hydrogens (tertiary/aromatic N) is 2. The van der Waals surface area contributed by atoms with Gasteiger partial charge in [-0.3, -0.25) is 15.1 Å². The van der Waals surface area contributed by atoms with Gasteiger partial charge in [0.1, 0.15) is 11.6 Å². The lowest BCUT2D eigenvalue weighted by Gasteiger charge is -2.26. The van der Waals surface area contributed by atoms with E-state index >= 15 is 0 Å². The highest BCUT2D eigenvalue weighted by atomic mass is 32.2. The van der Waals surface area contributed by atoms with Crippen LogP contribution in [-0.4, -0.2) is 28.9 Å². The smallest absolute Gasteiger partial charge is 0.283 e. The number of rotatable bonds is 3. The first-order valence-electron chi connectivity index (χ1n) is 7.97. The summed E-state index contributed by atoms with van der Waals surface area (Å²) in [6.07, 6.45) is 1.69. The van der Waals surface area contributed by atoms with Gasteiger partial charge in [-0.1, -0.05) is 54.2 Å². The van der Waals surface area contributed by atoms with Crippen LogP contribution in [0, 0.1) is 5.41 Å². The Hall–Kier alpha value is -3.12. The van der Waals surface area contributed by atoms with Crippen LogP contribution in [0.4, 0.5) is 0 Å². The molecule has 1 amide bonds. The fourth-order valence-corrected chi connectivity index (χ4v) is 3.67. The summed E-state index contributed by atoms with van der Waals surface area (Å²) in [4.78, 5) is 18.3. The predicted molar refractivity (Wildman–Crippen MR) is 105 cm³/mol. The number of nitrogens with one attached hydrogen (secondary N) is 1. The first kappa shape index (κ1) is 16.4. The zero-order chi connectivity index (χ0) is 18.1. The number of benzene rings is 2. The zero-order valence-corrected chi connectivity index (χ0v) is 14.8. The maximum absolute atomic E-state index is 12.4. The van der Waals surface area contributed by atoms with Crippen LogP contribution in [0.1, 0.15) is 11.1 Å². The molecule has 2 aliphatic rings. The quantitative estimate of drug-likeness (QED) is 0.839. The molecule has 4 rings (SSSR count). The van der Waals surface area contributed by atoms with E-state index in [4.69, 9.17) is 10.1 Å². The lowest BCUT2D eigenvalue weighted by atomic mass is 10.1. The Morgan fingerprint density at radius 1 is 1.12 bits per heavy atom. The van der Waals surface area contributed by atoms with Gasteiger partial charge in [-0.25, -0.2) is 0 Å². The standard InChI is InChI=1S/C20H15N3O2S/c1-25-15-9-7-13(8-10-15)11-16-18(21)23-17(14-5-3-2-4-6-14)12-26-20(23)22-19(16)24/h2-12,21H,1H3/b16-11-,21-18?. The Morgan fingerprint density at radius 2 is 1.85 bits per heavy atom. The van der Waals surface area contributed by atoms with Gasteiger partial charge >= 0.3 is 0 Å². The molecule has 2 aromatic rings. The highest BCUT2D eigenvalue weighted by Crippen LogP contribution is 2.37. The van der Waals surface area contributed by atoms with Crippen molar-refractivity contribution in [2.24, 2.45) is 4.99 Å². The molecule has 0 bridgehead atoms. The number of carbonyl (C=O) groups is 1. The minimum Gasteiger partial charge on any atom is -0.497 e. The molecule has 1 N–H and O–H groups in total. The molecule has 0 radical (unpaired) electrons. The Balaban J connectivity index is 1.71. The van der Waals surface area contributed by atoms with E-state index in [1.54, 1.807) is 18.1 Å². The monoisotopic (exact) mass is 361 g/mol. The van der Waals surface area contributed by atoms with Crippen LogP contribution in [0.15, 0.2) is 70.6 Å². The van der Waals surface area contributed by atoms with E-state index in [1.807, 2.05) is 60.0 Å². The Bertz CT molecular complexity index is 976. The number of fused-ring (bicyclic) bond motifs is 1. The number of amides is 1. The summed E-state index contributed by atoms with van der Waals surface area (Å²) in [6.45, 7) is 0. The van der Waals surface area contributed by atoms with Gasteiger partial charge in [0.25, 0.3) is 5.91 Å². The van der Waals surface area contributed by atoms with Crippen LogP contribution in [-0.2, 0) is 4.79 Å². The van der Waals surface area contributed by atoms with Crippen molar-refractivity contribution in [1.82, 2.24) is 4.90 Å². The van der Waals surface area contributed by atoms with E-state index in [2.05, 4.69) is 4.99 Å². The molecule has 0 saturated carbocycles. The summed E-state index contributed by atoms with van der Waals surface area (Å²) in [5.41, 5.74) is 2.92. The van der Waals surface area contributed by atoms with Crippen molar-refractivity contribution in [2.75, 3.05) is 7.11 Å². The van der Waals surface area contributed by atoms with Gasteiger partial charge in [-0.05, 0) is 29.3 Å². The van der Waals surface area contributed by atoms with Crippen molar-refractivity contribution in [2.45, 2.75) is 0 Å². The van der Waals surface area contributed by atoms with E-state index in [0.29, 0.717) is 5.17 Å². The number of ether oxygens (including phenoxy) is 1. The van der Waals surface area contributed by atoms with E-state index in [0.717, 1.165) is 22.6 Å². The SMILES string of the molecule is COc1ccc(/C=C2/C(=N)N3C(c4ccccc4)=CSC3=NC2=O)cc1. The molecular weight excluding hydrogens is 346 g/mol. The second kappa shape index (κ2) is 6.65. The lowest BCUT2D eigenvalue weighted by Crippen LogP contribution is -2.37. The first-order valence-corrected chi connectivity index (χ1v) is 8.85. The largest absolute Gasteiger partial charge is 0.497 e. The van der Waals surface area contributed by atoms with Gasteiger partial charge in [-0.2, -0.15) is 4.99 Å². The molecular formula is C20H15N3O2S. The van der Waals surface area contributed by atoms with Crippen LogP contribution >= 0.6 is 11.8 Å². The molecule has 6 heteroatoms. The summed E-state index contributed by atoms with van der Waals surface area (Å²) in [7, 11) is 1.60. The van der Waals surface area contributed by atoms with Crippen molar-refractivity contribution < 1.29 is 9.53 Å². The molecule has 2 heterocycles. The number of aliphatic imine (C=N–C) groups is 1. The maximum atomic E-state index is 12.4. The molecule has 0 unspecified atom stereocenters. The molecule has 26 heavy (non-hydrogen) atoms. The summed E-state index contributed by atoms with van der Waals surface area (Å²) in [5, 5.41) is 11.0. The van der Waals surface area contributed by atoms with Gasteiger partial charge in [0.15, 0.2) is 5.17 Å². The van der Waals surface area contributed by atoms with Gasteiger partial charge in [0.05, 0.1) is 18.4 Å². The van der Waals surface area contributed by atoms with Crippen LogP contribution in [0.2, 0.25) is 0 Å². The third-order valence-corrected chi connectivity index (χ3v) is 4.94. The normalized spacial score (nSPS) is 17.9. The van der Waals surface area contributed by atoms with Crippen molar-refractivity contribution in [1.29, 1.82) is 5.41 Å². The summed E-state index contributed by atoms with van der Waals surface area (Å²) in [5.74, 6) is 0.478. The van der Waals surface area contributed by atoms with Crippen LogP contribution in [0.25, 0.3) is 11.8 Å². The van der Waals surface area contributed by atoms with E-state index < -0.39 is 5.91 Å². The Morgan fingerprint density at radius 3 is 2.54 bits per heavy atom. The Kier molecular flexibility index (Phi) is 4.18. The second-order valence-corrected chi connectivity index (χ2v) is 6.54. The summed E-state index contributed by atoms with van der Waals surface area (Å²) >= 11 is 1.36. The van der Waals surface area contributed by atoms with E-state index in [9.17, 15) is 4.79 Å². The van der Waals surface area contributed by atoms with E-state index in [1.165, 1.54) is 11.8 Å². The highest BCUT2D eigenvalue weighted by molar-refractivity contribution is 8.17. The van der Waals surface area contributed by atoms with Crippen molar-refractivity contribution in [3.05, 3.63) is 76.7 Å². The van der Waals surface area contributed by atoms with Crippen LogP contribution in [0.5, 0.6) is 5.75 Å². The first-order chi connectivity index (χ1) is 12.7. The number of thioether (sulfide) groups is 1. The zero-order valence-electron chi connectivity index (χ0n) is 14.0. The molecule has 0 saturated heterocycles. The second-order valence-electron chi connectivity index (χ2n) is 5.70. The predicted octanol–water partition coefficient (Wildman–Crippen LogP) is 4.00. The number of hydrogen-bond donors (Lipinski definition) is 1. The molecule has 2 aliphatic heterocycles. The fraction of sp³-hybridized carbons (Fsp3) is 0.0500.